The summed E-state index contributed by atoms with van der Waals surface area (Å²) in [5.41, 5.74) is 10.3. The molecule has 4 aliphatic heterocycles. The minimum absolute atomic E-state index is 0.0440. The number of nitrogens with zero attached hydrogens (tertiary/aromatic N) is 3. The van der Waals surface area contributed by atoms with Crippen LogP contribution in [0.15, 0.2) is 46.9 Å². The van der Waals surface area contributed by atoms with Gasteiger partial charge in [-0.05, 0) is 55.5 Å². The first-order valence-electron chi connectivity index (χ1n) is 15.8. The lowest BCUT2D eigenvalue weighted by Crippen LogP contribution is -2.38. The third-order valence-electron chi connectivity index (χ3n) is 9.51. The predicted octanol–water partition coefficient (Wildman–Crippen LogP) is 3.72. The highest BCUT2D eigenvalue weighted by Crippen LogP contribution is 2.50. The molecule has 1 amide bonds. The Hall–Kier alpha value is -4.19. The molecule has 0 unspecified atom stereocenters. The van der Waals surface area contributed by atoms with Gasteiger partial charge in [-0.25, -0.2) is 4.39 Å². The van der Waals surface area contributed by atoms with Crippen molar-refractivity contribution in [2.45, 2.75) is 31.7 Å². The van der Waals surface area contributed by atoms with Crippen LogP contribution in [0, 0.1) is 5.82 Å². The van der Waals surface area contributed by atoms with Gasteiger partial charge in [0.25, 0.3) is 5.91 Å². The van der Waals surface area contributed by atoms with E-state index in [4.69, 9.17) is 19.9 Å². The molecule has 11 heteroatoms. The molecule has 1 atom stereocenters. The molecule has 3 N–H and O–H groups in total. The molecule has 2 aromatic carbocycles. The standard InChI is InChI=1S/C34H36FN5O5/c35-26-14-24-30-33(31(26)39-9-6-21(36)17-39)45-29-16-28-23(22-5-2-1-4-20(22)19-44-28)15-27(29)40(30)18-25(32(24)41)34(42)37-7-3-8-38-10-12-43-13-11-38/h1,4,14-16,18,21H,2-3,5-13,17,19,36H2,(H,37,42)/t21-/m0/s1. The molecule has 45 heavy (non-hydrogen) atoms. The summed E-state index contributed by atoms with van der Waals surface area (Å²) in [5.74, 6) is 0.342. The highest BCUT2D eigenvalue weighted by molar-refractivity contribution is 6.01. The number of halogens is 1. The van der Waals surface area contributed by atoms with Crippen molar-refractivity contribution in [3.63, 3.8) is 0 Å². The second kappa shape index (κ2) is 11.3. The smallest absolute Gasteiger partial charge is 0.256 e. The van der Waals surface area contributed by atoms with Gasteiger partial charge in [-0.1, -0.05) is 12.2 Å². The second-order valence-electron chi connectivity index (χ2n) is 12.4. The summed E-state index contributed by atoms with van der Waals surface area (Å²) >= 11 is 0. The van der Waals surface area contributed by atoms with Crippen LogP contribution in [-0.4, -0.2) is 80.5 Å². The molecule has 0 bridgehead atoms. The number of ether oxygens (including phenoxy) is 3. The first kappa shape index (κ1) is 28.3. The molecule has 10 nitrogen and oxygen atoms in total. The van der Waals surface area contributed by atoms with Crippen LogP contribution in [0.25, 0.3) is 22.2 Å². The van der Waals surface area contributed by atoms with Gasteiger partial charge in [0.1, 0.15) is 29.1 Å². The van der Waals surface area contributed by atoms with E-state index in [1.54, 1.807) is 6.20 Å². The highest BCUT2D eigenvalue weighted by Gasteiger charge is 2.34. The van der Waals surface area contributed by atoms with Gasteiger partial charge in [-0.3, -0.25) is 14.5 Å². The largest absolute Gasteiger partial charge is 0.488 e. The Labute approximate surface area is 259 Å². The number of anilines is 1. The van der Waals surface area contributed by atoms with Gasteiger partial charge in [0.15, 0.2) is 17.3 Å². The first-order valence-corrected chi connectivity index (χ1v) is 15.8. The number of carbonyl (C=O) groups is 1. The van der Waals surface area contributed by atoms with E-state index in [1.165, 1.54) is 11.6 Å². The maximum Gasteiger partial charge on any atom is 0.256 e. The number of carbonyl (C=O) groups excluding carboxylic acids is 1. The molecule has 3 aromatic rings. The summed E-state index contributed by atoms with van der Waals surface area (Å²) in [4.78, 5) is 31.6. The third-order valence-corrected chi connectivity index (χ3v) is 9.51. The lowest BCUT2D eigenvalue weighted by atomic mass is 9.89. The number of aromatic nitrogens is 1. The van der Waals surface area contributed by atoms with Gasteiger partial charge in [0.05, 0.1) is 24.3 Å². The number of rotatable bonds is 6. The van der Waals surface area contributed by atoms with Crippen LogP contribution in [0.3, 0.4) is 0 Å². The van der Waals surface area contributed by atoms with Gasteiger partial charge < -0.3 is 34.7 Å². The van der Waals surface area contributed by atoms with Crippen LogP contribution in [0.4, 0.5) is 10.1 Å². The Bertz CT molecular complexity index is 1840. The monoisotopic (exact) mass is 613 g/mol. The van der Waals surface area contributed by atoms with Crippen molar-refractivity contribution in [1.29, 1.82) is 0 Å². The van der Waals surface area contributed by atoms with Crippen LogP contribution >= 0.6 is 0 Å². The van der Waals surface area contributed by atoms with Crippen molar-refractivity contribution >= 4 is 28.1 Å². The maximum atomic E-state index is 16.0. The SMILES string of the molecule is N[C@H]1CCN(c2c(F)cc3c(=O)c(C(=O)NCCCN4CCOCC4)cn4c3c2Oc2cc3c(cc2-4)C2=C(C=CCC2)CO3)C1. The number of morpholine rings is 1. The molecule has 0 radical (unpaired) electrons. The summed E-state index contributed by atoms with van der Waals surface area (Å²) in [6.07, 6.45) is 9.13. The van der Waals surface area contributed by atoms with E-state index in [2.05, 4.69) is 22.4 Å². The van der Waals surface area contributed by atoms with Crippen LogP contribution in [0.5, 0.6) is 17.2 Å². The number of allylic oxidation sites excluding steroid dienone is 2. The number of nitrogens with one attached hydrogen (secondary N) is 1. The Morgan fingerprint density at radius 1 is 1.13 bits per heavy atom. The van der Waals surface area contributed by atoms with Crippen molar-refractivity contribution < 1.29 is 23.4 Å². The molecule has 5 heterocycles. The Morgan fingerprint density at radius 3 is 2.82 bits per heavy atom. The van der Waals surface area contributed by atoms with Crippen molar-refractivity contribution in [2.75, 3.05) is 64.0 Å². The zero-order chi connectivity index (χ0) is 30.7. The predicted molar refractivity (Wildman–Crippen MR) is 169 cm³/mol. The summed E-state index contributed by atoms with van der Waals surface area (Å²) in [7, 11) is 0. The average molecular weight is 614 g/mol. The number of nitrogens with two attached hydrogens (primary N) is 1. The van der Waals surface area contributed by atoms with Crippen molar-refractivity contribution in [3.8, 4) is 22.9 Å². The van der Waals surface area contributed by atoms with Crippen LogP contribution in [-0.2, 0) is 4.74 Å². The molecule has 5 aliphatic rings. The van der Waals surface area contributed by atoms with Crippen molar-refractivity contribution in [3.05, 3.63) is 69.3 Å². The highest BCUT2D eigenvalue weighted by atomic mass is 19.1. The average Bonchev–Trinajstić information content (AvgIpc) is 3.49. The van der Waals surface area contributed by atoms with E-state index >= 15 is 4.39 Å². The molecule has 0 saturated carbocycles. The van der Waals surface area contributed by atoms with E-state index in [-0.39, 0.29) is 28.4 Å². The summed E-state index contributed by atoms with van der Waals surface area (Å²) in [6, 6.07) is 5.00. The van der Waals surface area contributed by atoms with Crippen LogP contribution < -0.4 is 30.9 Å². The van der Waals surface area contributed by atoms with E-state index in [0.717, 1.165) is 56.5 Å². The fourth-order valence-electron chi connectivity index (χ4n) is 7.17. The summed E-state index contributed by atoms with van der Waals surface area (Å²) < 4.78 is 35.9. The number of amides is 1. The number of pyridine rings is 1. The van der Waals surface area contributed by atoms with Crippen molar-refractivity contribution in [2.24, 2.45) is 5.73 Å². The maximum absolute atomic E-state index is 16.0. The molecule has 1 aliphatic carbocycles. The molecular formula is C34H36FN5O5. The van der Waals surface area contributed by atoms with Gasteiger partial charge in [0, 0.05) is 56.6 Å². The normalized spacial score (nSPS) is 20.4. The molecule has 2 fully saturated rings. The van der Waals surface area contributed by atoms with E-state index in [9.17, 15) is 9.59 Å². The molecule has 8 rings (SSSR count). The van der Waals surface area contributed by atoms with Crippen LogP contribution in [0.1, 0.15) is 41.6 Å². The number of hydrogen-bond acceptors (Lipinski definition) is 8. The Balaban J connectivity index is 1.23. The minimum Gasteiger partial charge on any atom is -0.488 e. The number of fused-ring (bicyclic) bond motifs is 4. The minimum atomic E-state index is -0.584. The Morgan fingerprint density at radius 2 is 2.00 bits per heavy atom. The molecule has 1 aromatic heterocycles. The van der Waals surface area contributed by atoms with Gasteiger partial charge in [-0.2, -0.15) is 0 Å². The molecular weight excluding hydrogens is 577 g/mol. The van der Waals surface area contributed by atoms with Gasteiger partial charge >= 0.3 is 0 Å². The first-order chi connectivity index (χ1) is 22.0. The zero-order valence-electron chi connectivity index (χ0n) is 25.1. The zero-order valence-corrected chi connectivity index (χ0v) is 25.1. The Kier molecular flexibility index (Phi) is 7.11. The lowest BCUT2D eigenvalue weighted by molar-refractivity contribution is 0.0374. The topological polar surface area (TPSA) is 111 Å². The number of benzene rings is 2. The molecule has 2 saturated heterocycles. The summed E-state index contributed by atoms with van der Waals surface area (Å²) in [6.45, 7) is 5.91. The van der Waals surface area contributed by atoms with E-state index < -0.39 is 17.2 Å². The molecule has 0 spiro atoms. The quantitative estimate of drug-likeness (QED) is 0.317. The lowest BCUT2D eigenvalue weighted by Gasteiger charge is -2.31. The van der Waals surface area contributed by atoms with Crippen molar-refractivity contribution in [1.82, 2.24) is 14.8 Å². The third kappa shape index (κ3) is 4.90. The fraction of sp³-hybridized carbons (Fsp3) is 0.412. The van der Waals surface area contributed by atoms with Gasteiger partial charge in [-0.15, -0.1) is 0 Å². The van der Waals surface area contributed by atoms with E-state index in [1.807, 2.05) is 21.6 Å². The fourth-order valence-corrected chi connectivity index (χ4v) is 7.17. The summed E-state index contributed by atoms with van der Waals surface area (Å²) in [5, 5.41) is 3.02. The van der Waals surface area contributed by atoms with Gasteiger partial charge in [0.2, 0.25) is 5.43 Å². The second-order valence-corrected chi connectivity index (χ2v) is 12.4. The molecule has 234 valence electrons. The van der Waals surface area contributed by atoms with Crippen LogP contribution in [0.2, 0.25) is 0 Å². The van der Waals surface area contributed by atoms with E-state index in [0.29, 0.717) is 62.2 Å². The number of hydrogen-bond donors (Lipinski definition) is 2.